The quantitative estimate of drug-likeness (QED) is 0.467. The highest BCUT2D eigenvalue weighted by Crippen LogP contribution is 2.20. The molecule has 190 valence electrons. The van der Waals surface area contributed by atoms with Crippen LogP contribution in [0.2, 0.25) is 0 Å². The second-order valence-electron chi connectivity index (χ2n) is 8.90. The average Bonchev–Trinajstić information content (AvgIpc) is 2.84. The lowest BCUT2D eigenvalue weighted by atomic mass is 10.0. The number of rotatable bonds is 9. The summed E-state index contributed by atoms with van der Waals surface area (Å²) in [4.78, 5) is 33.1. The van der Waals surface area contributed by atoms with Crippen LogP contribution in [0.3, 0.4) is 0 Å². The Bertz CT molecular complexity index is 926. The summed E-state index contributed by atoms with van der Waals surface area (Å²) in [5, 5.41) is 2.79. The molecule has 1 N–H and O–H groups in total. The fourth-order valence-corrected chi connectivity index (χ4v) is 5.41. The van der Waals surface area contributed by atoms with Crippen molar-refractivity contribution in [2.24, 2.45) is 5.92 Å². The van der Waals surface area contributed by atoms with Gasteiger partial charge in [-0.3, -0.25) is 9.69 Å². The molecule has 0 aromatic carbocycles. The number of ether oxygens (including phenoxy) is 2. The van der Waals surface area contributed by atoms with Crippen LogP contribution in [-0.2, 0) is 29.1 Å². The number of nitrogens with one attached hydrogen (secondary N) is 1. The molecule has 11 nitrogen and oxygen atoms in total. The topological polar surface area (TPSA) is 121 Å². The number of aromatic nitrogens is 1. The fourth-order valence-electron chi connectivity index (χ4n) is 4.05. The molecular formula is C22H35N5O6S. The van der Waals surface area contributed by atoms with E-state index in [9.17, 15) is 18.0 Å². The predicted molar refractivity (Wildman–Crippen MR) is 126 cm³/mol. The van der Waals surface area contributed by atoms with Crippen molar-refractivity contribution in [3.63, 3.8) is 0 Å². The van der Waals surface area contributed by atoms with E-state index in [-0.39, 0.29) is 23.3 Å². The van der Waals surface area contributed by atoms with Crippen molar-refractivity contribution >= 4 is 27.7 Å². The van der Waals surface area contributed by atoms with Gasteiger partial charge in [-0.15, -0.1) is 0 Å². The molecular weight excluding hydrogens is 462 g/mol. The molecule has 0 saturated carbocycles. The predicted octanol–water partition coefficient (Wildman–Crippen LogP) is -0.0716. The molecule has 0 aliphatic carbocycles. The summed E-state index contributed by atoms with van der Waals surface area (Å²) < 4.78 is 37.0. The molecule has 2 saturated heterocycles. The Morgan fingerprint density at radius 2 is 1.79 bits per heavy atom. The van der Waals surface area contributed by atoms with E-state index < -0.39 is 22.0 Å². The number of anilines is 1. The number of hydrogen-bond donors (Lipinski definition) is 1. The number of morpholine rings is 1. The lowest BCUT2D eigenvalue weighted by Gasteiger charge is -2.35. The first-order valence-electron chi connectivity index (χ1n) is 11.6. The Balaban J connectivity index is 1.50. The second-order valence-corrected chi connectivity index (χ2v) is 10.8. The van der Waals surface area contributed by atoms with Gasteiger partial charge in [-0.05, 0) is 24.5 Å². The van der Waals surface area contributed by atoms with Crippen molar-refractivity contribution in [1.82, 2.24) is 19.5 Å². The SMILES string of the molecule is COC(=O)[C@@H](CC(C)C)NC(=O)CN1CCN(c2ccc(S(=O)(=O)N3CCOCC3)cn2)CC1. The summed E-state index contributed by atoms with van der Waals surface area (Å²) >= 11 is 0. The molecule has 3 rings (SSSR count). The molecule has 2 aliphatic rings. The number of esters is 1. The number of amides is 1. The highest BCUT2D eigenvalue weighted by Gasteiger charge is 2.28. The molecule has 2 fully saturated rings. The third-order valence-electron chi connectivity index (χ3n) is 5.92. The van der Waals surface area contributed by atoms with Crippen LogP contribution >= 0.6 is 0 Å². The highest BCUT2D eigenvalue weighted by molar-refractivity contribution is 7.89. The highest BCUT2D eigenvalue weighted by atomic mass is 32.2. The van der Waals surface area contributed by atoms with Gasteiger partial charge in [-0.25, -0.2) is 18.2 Å². The van der Waals surface area contributed by atoms with Gasteiger partial charge in [-0.1, -0.05) is 13.8 Å². The standard InChI is InChI=1S/C22H35N5O6S/c1-17(2)14-19(22(29)32-3)24-21(28)16-25-6-8-26(9-7-25)20-5-4-18(15-23-20)34(30,31)27-10-12-33-13-11-27/h4-5,15,17,19H,6-14,16H2,1-3H3,(H,24,28)/t19-/m1/s1. The number of piperazine rings is 1. The van der Waals surface area contributed by atoms with Gasteiger partial charge >= 0.3 is 5.97 Å². The molecule has 1 amide bonds. The summed E-state index contributed by atoms with van der Waals surface area (Å²) in [7, 11) is -2.25. The van der Waals surface area contributed by atoms with E-state index in [2.05, 4.69) is 15.2 Å². The maximum atomic E-state index is 12.8. The minimum Gasteiger partial charge on any atom is -0.467 e. The van der Waals surface area contributed by atoms with E-state index in [1.807, 2.05) is 18.7 Å². The van der Waals surface area contributed by atoms with Crippen LogP contribution in [-0.4, -0.2) is 107 Å². The van der Waals surface area contributed by atoms with Crippen LogP contribution in [0.4, 0.5) is 5.82 Å². The Kier molecular flexibility index (Phi) is 9.23. The Morgan fingerprint density at radius 3 is 2.35 bits per heavy atom. The van der Waals surface area contributed by atoms with Crippen LogP contribution in [0, 0.1) is 5.92 Å². The van der Waals surface area contributed by atoms with Gasteiger partial charge in [0, 0.05) is 45.5 Å². The molecule has 1 atom stereocenters. The van der Waals surface area contributed by atoms with Gasteiger partial charge in [0.05, 0.1) is 26.9 Å². The van der Waals surface area contributed by atoms with Gasteiger partial charge in [0.2, 0.25) is 15.9 Å². The van der Waals surface area contributed by atoms with Crippen LogP contribution in [0.1, 0.15) is 20.3 Å². The molecule has 12 heteroatoms. The minimum atomic E-state index is -3.57. The fraction of sp³-hybridized carbons (Fsp3) is 0.682. The zero-order valence-corrected chi connectivity index (χ0v) is 20.9. The first kappa shape index (κ1) is 26.3. The van der Waals surface area contributed by atoms with Crippen LogP contribution in [0.5, 0.6) is 0 Å². The van der Waals surface area contributed by atoms with Gasteiger partial charge in [0.25, 0.3) is 0 Å². The van der Waals surface area contributed by atoms with E-state index in [0.717, 1.165) is 0 Å². The summed E-state index contributed by atoms with van der Waals surface area (Å²) in [6.45, 7) is 8.26. The van der Waals surface area contributed by atoms with Crippen molar-refractivity contribution < 1.29 is 27.5 Å². The Hall–Kier alpha value is -2.28. The lowest BCUT2D eigenvalue weighted by molar-refractivity contribution is -0.145. The summed E-state index contributed by atoms with van der Waals surface area (Å²) in [5.41, 5.74) is 0. The van der Waals surface area contributed by atoms with E-state index in [1.165, 1.54) is 17.6 Å². The average molecular weight is 498 g/mol. The third kappa shape index (κ3) is 6.87. The smallest absolute Gasteiger partial charge is 0.328 e. The summed E-state index contributed by atoms with van der Waals surface area (Å²) in [6, 6.07) is 2.67. The first-order chi connectivity index (χ1) is 16.2. The number of carbonyl (C=O) groups is 2. The molecule has 0 radical (unpaired) electrons. The van der Waals surface area contributed by atoms with Crippen molar-refractivity contribution in [1.29, 1.82) is 0 Å². The molecule has 2 aliphatic heterocycles. The summed E-state index contributed by atoms with van der Waals surface area (Å²) in [5.74, 6) is 0.306. The molecule has 1 aromatic heterocycles. The monoisotopic (exact) mass is 497 g/mol. The van der Waals surface area contributed by atoms with E-state index in [0.29, 0.717) is 64.7 Å². The molecule has 0 unspecified atom stereocenters. The zero-order chi connectivity index (χ0) is 24.7. The van der Waals surface area contributed by atoms with Gasteiger partial charge in [0.15, 0.2) is 0 Å². The number of nitrogens with zero attached hydrogens (tertiary/aromatic N) is 4. The number of methoxy groups -OCH3 is 1. The van der Waals surface area contributed by atoms with E-state index in [1.54, 1.807) is 12.1 Å². The molecule has 0 bridgehead atoms. The molecule has 34 heavy (non-hydrogen) atoms. The molecule has 3 heterocycles. The third-order valence-corrected chi connectivity index (χ3v) is 7.80. The van der Waals surface area contributed by atoms with Gasteiger partial charge in [-0.2, -0.15) is 4.31 Å². The lowest BCUT2D eigenvalue weighted by Crippen LogP contribution is -2.52. The number of sulfonamides is 1. The van der Waals surface area contributed by atoms with Gasteiger partial charge in [0.1, 0.15) is 16.8 Å². The van der Waals surface area contributed by atoms with Crippen LogP contribution < -0.4 is 10.2 Å². The summed E-state index contributed by atoms with van der Waals surface area (Å²) in [6.07, 6.45) is 1.93. The van der Waals surface area contributed by atoms with E-state index in [4.69, 9.17) is 9.47 Å². The number of pyridine rings is 1. The van der Waals surface area contributed by atoms with Crippen molar-refractivity contribution in [3.05, 3.63) is 18.3 Å². The van der Waals surface area contributed by atoms with Gasteiger partial charge < -0.3 is 19.7 Å². The van der Waals surface area contributed by atoms with Crippen molar-refractivity contribution in [2.75, 3.05) is 71.0 Å². The van der Waals surface area contributed by atoms with Crippen molar-refractivity contribution in [3.8, 4) is 0 Å². The number of hydrogen-bond acceptors (Lipinski definition) is 9. The largest absolute Gasteiger partial charge is 0.467 e. The second kappa shape index (κ2) is 11.9. The molecule has 1 aromatic rings. The minimum absolute atomic E-state index is 0.176. The normalized spacial score (nSPS) is 19.1. The molecule has 0 spiro atoms. The Morgan fingerprint density at radius 1 is 1.12 bits per heavy atom. The van der Waals surface area contributed by atoms with E-state index >= 15 is 0 Å². The maximum Gasteiger partial charge on any atom is 0.328 e. The maximum absolute atomic E-state index is 12.8. The first-order valence-corrected chi connectivity index (χ1v) is 13.0. The van der Waals surface area contributed by atoms with Crippen LogP contribution in [0.15, 0.2) is 23.2 Å². The Labute approximate surface area is 201 Å². The van der Waals surface area contributed by atoms with Crippen molar-refractivity contribution in [2.45, 2.75) is 31.2 Å². The zero-order valence-electron chi connectivity index (χ0n) is 20.1. The van der Waals surface area contributed by atoms with Crippen LogP contribution in [0.25, 0.3) is 0 Å². The number of carbonyl (C=O) groups excluding carboxylic acids is 2.